The molecule has 0 radical (unpaired) electrons. The van der Waals surface area contributed by atoms with E-state index in [9.17, 15) is 0 Å². The first kappa shape index (κ1) is 17.0. The van der Waals surface area contributed by atoms with Crippen LogP contribution in [0.15, 0.2) is 16.6 Å². The van der Waals surface area contributed by atoms with Crippen LogP contribution in [0.2, 0.25) is 0 Å². The molecular weight excluding hydrogens is 350 g/mol. The molecule has 0 aromatic heterocycles. The van der Waals surface area contributed by atoms with Gasteiger partial charge in [0.2, 0.25) is 0 Å². The molecule has 0 bridgehead atoms. The van der Waals surface area contributed by atoms with E-state index in [2.05, 4.69) is 45.1 Å². The zero-order valence-corrected chi connectivity index (χ0v) is 15.2. The summed E-state index contributed by atoms with van der Waals surface area (Å²) in [4.78, 5) is 0. The molecule has 0 atom stereocenters. The molecule has 118 valence electrons. The van der Waals surface area contributed by atoms with Crippen LogP contribution in [0.25, 0.3) is 0 Å². The van der Waals surface area contributed by atoms with Gasteiger partial charge in [0, 0.05) is 6.54 Å². The maximum Gasteiger partial charge on any atom is 0.175 e. The van der Waals surface area contributed by atoms with Gasteiger partial charge in [-0.2, -0.15) is 11.8 Å². The number of ether oxygens (including phenoxy) is 2. The molecule has 5 heteroatoms. The number of benzene rings is 1. The van der Waals surface area contributed by atoms with Crippen molar-refractivity contribution in [2.45, 2.75) is 26.3 Å². The van der Waals surface area contributed by atoms with Crippen molar-refractivity contribution in [3.63, 3.8) is 0 Å². The largest absolute Gasteiger partial charge is 0.493 e. The number of thioether (sulfide) groups is 1. The molecule has 0 spiro atoms. The van der Waals surface area contributed by atoms with Crippen LogP contribution in [0.3, 0.4) is 0 Å². The number of nitrogens with one attached hydrogen (secondary N) is 1. The van der Waals surface area contributed by atoms with Crippen LogP contribution < -0.4 is 14.8 Å². The first-order valence-electron chi connectivity index (χ1n) is 7.52. The first-order valence-corrected chi connectivity index (χ1v) is 9.47. The molecule has 1 aromatic carbocycles. The third-order valence-corrected chi connectivity index (χ3v) is 5.32. The van der Waals surface area contributed by atoms with Crippen molar-refractivity contribution in [3.8, 4) is 11.5 Å². The molecule has 1 N–H and O–H groups in total. The van der Waals surface area contributed by atoms with Crippen molar-refractivity contribution in [3.05, 3.63) is 22.2 Å². The Bertz CT molecular complexity index is 450. The second-order valence-corrected chi connectivity index (χ2v) is 7.31. The molecule has 1 saturated heterocycles. The van der Waals surface area contributed by atoms with Crippen LogP contribution in [0.5, 0.6) is 11.5 Å². The minimum absolute atomic E-state index is 0.631. The average molecular weight is 374 g/mol. The monoisotopic (exact) mass is 373 g/mol. The van der Waals surface area contributed by atoms with Crippen molar-refractivity contribution in [2.75, 3.05) is 31.8 Å². The molecule has 21 heavy (non-hydrogen) atoms. The van der Waals surface area contributed by atoms with Gasteiger partial charge in [-0.15, -0.1) is 0 Å². The Balaban J connectivity index is 1.92. The van der Waals surface area contributed by atoms with Crippen molar-refractivity contribution < 1.29 is 9.47 Å². The van der Waals surface area contributed by atoms with E-state index in [0.717, 1.165) is 35.0 Å². The minimum Gasteiger partial charge on any atom is -0.493 e. The molecule has 1 aliphatic rings. The Morgan fingerprint density at radius 3 is 2.76 bits per heavy atom. The minimum atomic E-state index is 0.631. The summed E-state index contributed by atoms with van der Waals surface area (Å²) in [7, 11) is 1.68. The molecule has 0 aliphatic carbocycles. The van der Waals surface area contributed by atoms with Gasteiger partial charge in [0.15, 0.2) is 11.5 Å². The van der Waals surface area contributed by atoms with Gasteiger partial charge in [-0.05, 0) is 77.4 Å². The maximum absolute atomic E-state index is 5.62. The summed E-state index contributed by atoms with van der Waals surface area (Å²) >= 11 is 5.65. The van der Waals surface area contributed by atoms with Crippen LogP contribution in [0.1, 0.15) is 25.3 Å². The summed E-state index contributed by atoms with van der Waals surface area (Å²) in [5.41, 5.74) is 1.22. The molecule has 0 unspecified atom stereocenters. The number of rotatable bonds is 7. The van der Waals surface area contributed by atoms with Gasteiger partial charge < -0.3 is 14.8 Å². The summed E-state index contributed by atoms with van der Waals surface area (Å²) in [5.74, 6) is 5.04. The lowest BCUT2D eigenvalue weighted by Gasteiger charge is -2.21. The Morgan fingerprint density at radius 2 is 2.10 bits per heavy atom. The van der Waals surface area contributed by atoms with E-state index >= 15 is 0 Å². The summed E-state index contributed by atoms with van der Waals surface area (Å²) < 4.78 is 12.0. The van der Waals surface area contributed by atoms with E-state index < -0.39 is 0 Å². The SMILES string of the molecule is CCOc1c(Br)cc(CNCC2CCSCC2)cc1OC. The summed E-state index contributed by atoms with van der Waals surface area (Å²) in [6.07, 6.45) is 2.68. The molecular formula is C16H24BrNO2S. The number of methoxy groups -OCH3 is 1. The Morgan fingerprint density at radius 1 is 1.33 bits per heavy atom. The lowest BCUT2D eigenvalue weighted by molar-refractivity contribution is 0.308. The fraction of sp³-hybridized carbons (Fsp3) is 0.625. The fourth-order valence-corrected chi connectivity index (χ4v) is 4.34. The van der Waals surface area contributed by atoms with Gasteiger partial charge in [-0.25, -0.2) is 0 Å². The first-order chi connectivity index (χ1) is 10.2. The zero-order valence-electron chi connectivity index (χ0n) is 12.8. The average Bonchev–Trinajstić information content (AvgIpc) is 2.51. The predicted molar refractivity (Wildman–Crippen MR) is 93.6 cm³/mol. The standard InChI is InChI=1S/C16H24BrNO2S/c1-3-20-16-14(17)8-13(9-15(16)19-2)11-18-10-12-4-6-21-7-5-12/h8-9,12,18H,3-7,10-11H2,1-2H3. The van der Waals surface area contributed by atoms with Crippen LogP contribution in [0, 0.1) is 5.92 Å². The molecule has 1 fully saturated rings. The second-order valence-electron chi connectivity index (χ2n) is 5.23. The highest BCUT2D eigenvalue weighted by atomic mass is 79.9. The highest BCUT2D eigenvalue weighted by molar-refractivity contribution is 9.10. The molecule has 0 saturated carbocycles. The third kappa shape index (κ3) is 5.08. The van der Waals surface area contributed by atoms with Crippen LogP contribution >= 0.6 is 27.7 Å². The topological polar surface area (TPSA) is 30.5 Å². The van der Waals surface area contributed by atoms with Gasteiger partial charge in [-0.1, -0.05) is 0 Å². The Hall–Kier alpha value is -0.390. The quantitative estimate of drug-likeness (QED) is 0.779. The smallest absolute Gasteiger partial charge is 0.175 e. The lowest BCUT2D eigenvalue weighted by atomic mass is 10.0. The fourth-order valence-electron chi connectivity index (χ4n) is 2.53. The summed E-state index contributed by atoms with van der Waals surface area (Å²) in [5, 5.41) is 3.57. The van der Waals surface area contributed by atoms with Gasteiger partial charge in [-0.3, -0.25) is 0 Å². The van der Waals surface area contributed by atoms with E-state index in [1.807, 2.05) is 6.92 Å². The highest BCUT2D eigenvalue weighted by Gasteiger charge is 2.14. The summed E-state index contributed by atoms with van der Waals surface area (Å²) in [6, 6.07) is 4.16. The van der Waals surface area contributed by atoms with Crippen LogP contribution in [-0.4, -0.2) is 31.8 Å². The van der Waals surface area contributed by atoms with Crippen molar-refractivity contribution in [2.24, 2.45) is 5.92 Å². The molecule has 3 nitrogen and oxygen atoms in total. The molecule has 1 aliphatic heterocycles. The van der Waals surface area contributed by atoms with E-state index in [1.165, 1.54) is 29.9 Å². The molecule has 1 aromatic rings. The highest BCUT2D eigenvalue weighted by Crippen LogP contribution is 2.36. The van der Waals surface area contributed by atoms with Gasteiger partial charge >= 0.3 is 0 Å². The molecule has 1 heterocycles. The second kappa shape index (κ2) is 8.91. The van der Waals surface area contributed by atoms with E-state index in [4.69, 9.17) is 9.47 Å². The van der Waals surface area contributed by atoms with Crippen molar-refractivity contribution in [1.29, 1.82) is 0 Å². The lowest BCUT2D eigenvalue weighted by Crippen LogP contribution is -2.25. The molecule has 2 rings (SSSR count). The summed E-state index contributed by atoms with van der Waals surface area (Å²) in [6.45, 7) is 4.58. The van der Waals surface area contributed by atoms with Gasteiger partial charge in [0.1, 0.15) is 0 Å². The number of hydrogen-bond acceptors (Lipinski definition) is 4. The zero-order chi connectivity index (χ0) is 15.1. The predicted octanol–water partition coefficient (Wildman–Crippen LogP) is 4.09. The number of hydrogen-bond donors (Lipinski definition) is 1. The van der Waals surface area contributed by atoms with Gasteiger partial charge in [0.05, 0.1) is 18.2 Å². The van der Waals surface area contributed by atoms with Crippen molar-refractivity contribution in [1.82, 2.24) is 5.32 Å². The van der Waals surface area contributed by atoms with Crippen LogP contribution in [0.4, 0.5) is 0 Å². The third-order valence-electron chi connectivity index (χ3n) is 3.68. The Labute approximate surface area is 140 Å². The van der Waals surface area contributed by atoms with E-state index in [1.54, 1.807) is 7.11 Å². The molecule has 0 amide bonds. The van der Waals surface area contributed by atoms with Gasteiger partial charge in [0.25, 0.3) is 0 Å². The van der Waals surface area contributed by atoms with Crippen molar-refractivity contribution >= 4 is 27.7 Å². The normalized spacial score (nSPS) is 16.0. The maximum atomic E-state index is 5.62. The van der Waals surface area contributed by atoms with E-state index in [-0.39, 0.29) is 0 Å². The van der Waals surface area contributed by atoms with E-state index in [0.29, 0.717) is 6.61 Å². The van der Waals surface area contributed by atoms with Crippen LogP contribution in [-0.2, 0) is 6.54 Å². The number of halogens is 1. The Kier molecular flexibility index (Phi) is 7.20.